The van der Waals surface area contributed by atoms with E-state index in [9.17, 15) is 14.4 Å². The lowest BCUT2D eigenvalue weighted by Gasteiger charge is -2.25. The molecular formula is C27H43N3O6Si. The first-order chi connectivity index (χ1) is 17.1. The molecule has 0 aliphatic heterocycles. The predicted octanol–water partition coefficient (Wildman–Crippen LogP) is 4.17. The van der Waals surface area contributed by atoms with Gasteiger partial charge in [-0.25, -0.2) is 9.59 Å². The van der Waals surface area contributed by atoms with Crippen molar-refractivity contribution in [1.82, 2.24) is 10.6 Å². The van der Waals surface area contributed by atoms with Crippen molar-refractivity contribution in [3.8, 4) is 11.8 Å². The molecule has 0 heterocycles. The maximum absolute atomic E-state index is 12.3. The molecule has 0 bridgehead atoms. The Morgan fingerprint density at radius 2 is 1.73 bits per heavy atom. The molecule has 0 aliphatic rings. The van der Waals surface area contributed by atoms with E-state index in [-0.39, 0.29) is 19.1 Å². The minimum absolute atomic E-state index is 0.129. The Bertz CT molecular complexity index is 942. The van der Waals surface area contributed by atoms with Gasteiger partial charge >= 0.3 is 12.2 Å². The minimum Gasteiger partial charge on any atom is -0.450 e. The van der Waals surface area contributed by atoms with Gasteiger partial charge in [0.2, 0.25) is 5.91 Å². The maximum atomic E-state index is 12.3. The van der Waals surface area contributed by atoms with Gasteiger partial charge < -0.3 is 30.6 Å². The van der Waals surface area contributed by atoms with Crippen molar-refractivity contribution in [2.24, 2.45) is 5.73 Å². The zero-order valence-corrected chi connectivity index (χ0v) is 24.2. The van der Waals surface area contributed by atoms with E-state index < -0.39 is 37.8 Å². The maximum Gasteiger partial charge on any atom is 0.408 e. The van der Waals surface area contributed by atoms with Crippen LogP contribution in [-0.4, -0.2) is 57.1 Å². The average Bonchev–Trinajstić information content (AvgIpc) is 2.76. The molecule has 10 heteroatoms. The molecule has 0 saturated carbocycles. The van der Waals surface area contributed by atoms with E-state index in [4.69, 9.17) is 19.9 Å². The summed E-state index contributed by atoms with van der Waals surface area (Å²) in [5.74, 6) is 5.43. The number of carbonyl (C=O) groups excluding carboxylic acids is 3. The molecule has 2 atom stereocenters. The van der Waals surface area contributed by atoms with Crippen molar-refractivity contribution in [2.45, 2.75) is 90.6 Å². The molecule has 1 rings (SSSR count). The summed E-state index contributed by atoms with van der Waals surface area (Å²) >= 11 is 0. The van der Waals surface area contributed by atoms with E-state index in [0.717, 1.165) is 17.2 Å². The Balaban J connectivity index is 2.58. The van der Waals surface area contributed by atoms with Gasteiger partial charge in [0, 0.05) is 20.1 Å². The van der Waals surface area contributed by atoms with E-state index >= 15 is 0 Å². The Labute approximate surface area is 222 Å². The van der Waals surface area contributed by atoms with Crippen molar-refractivity contribution >= 4 is 26.2 Å². The first-order valence-corrected chi connectivity index (χ1v) is 16.2. The third-order valence-corrected chi connectivity index (χ3v) is 6.78. The largest absolute Gasteiger partial charge is 0.450 e. The fraction of sp³-hybridized carbons (Fsp3) is 0.593. The topological polar surface area (TPSA) is 129 Å². The Morgan fingerprint density at radius 3 is 2.30 bits per heavy atom. The quantitative estimate of drug-likeness (QED) is 0.273. The van der Waals surface area contributed by atoms with Crippen LogP contribution in [0.15, 0.2) is 24.3 Å². The van der Waals surface area contributed by atoms with Crippen LogP contribution >= 0.6 is 0 Å². The van der Waals surface area contributed by atoms with Crippen molar-refractivity contribution in [3.05, 3.63) is 35.4 Å². The summed E-state index contributed by atoms with van der Waals surface area (Å²) in [7, 11) is -1.31. The normalized spacial score (nSPS) is 12.9. The number of rotatable bonds is 12. The zero-order chi connectivity index (χ0) is 28.1. The third-order valence-electron chi connectivity index (χ3n) is 5.08. The highest BCUT2D eigenvalue weighted by molar-refractivity contribution is 6.76. The Kier molecular flexibility index (Phi) is 13.2. The molecule has 206 valence electrons. The average molecular weight is 534 g/mol. The summed E-state index contributed by atoms with van der Waals surface area (Å²) in [6, 6.07) is 7.97. The molecule has 0 aromatic heterocycles. The number of nitrogens with two attached hydrogens (primary N) is 1. The summed E-state index contributed by atoms with van der Waals surface area (Å²) in [4.78, 5) is 35.2. The lowest BCUT2D eigenvalue weighted by molar-refractivity contribution is -0.118. The third kappa shape index (κ3) is 16.4. The van der Waals surface area contributed by atoms with Gasteiger partial charge in [-0.1, -0.05) is 43.6 Å². The van der Waals surface area contributed by atoms with Gasteiger partial charge in [-0.05, 0) is 57.9 Å². The van der Waals surface area contributed by atoms with E-state index in [1.54, 1.807) is 20.8 Å². The number of carbonyl (C=O) groups is 3. The number of amides is 3. The number of primary amides is 1. The molecule has 1 aromatic carbocycles. The smallest absolute Gasteiger partial charge is 0.408 e. The summed E-state index contributed by atoms with van der Waals surface area (Å²) < 4.78 is 16.5. The van der Waals surface area contributed by atoms with Crippen LogP contribution in [0, 0.1) is 11.8 Å². The van der Waals surface area contributed by atoms with Crippen molar-refractivity contribution < 1.29 is 28.6 Å². The van der Waals surface area contributed by atoms with Crippen LogP contribution in [0.3, 0.4) is 0 Å². The van der Waals surface area contributed by atoms with E-state index in [0.29, 0.717) is 19.6 Å². The van der Waals surface area contributed by atoms with Gasteiger partial charge in [0.25, 0.3) is 0 Å². The fourth-order valence-corrected chi connectivity index (χ4v) is 3.68. The standard InChI is InChI=1S/C27H43N3O6Si/c1-20(23(14-15-24(28)31)30-26(33)34-17-18-37(5,6)7)35-19-22-12-10-21(11-13-22)9-8-16-29-25(32)36-27(2,3)4/h10-13,20,23H,14-19H2,1-7H3,(H2,28,31)(H,29,32)(H,30,33). The molecule has 1 aromatic rings. The Morgan fingerprint density at radius 1 is 1.08 bits per heavy atom. The first-order valence-electron chi connectivity index (χ1n) is 12.5. The predicted molar refractivity (Wildman–Crippen MR) is 147 cm³/mol. The van der Waals surface area contributed by atoms with E-state index in [1.165, 1.54) is 0 Å². The summed E-state index contributed by atoms with van der Waals surface area (Å²) in [5, 5.41) is 5.41. The van der Waals surface area contributed by atoms with E-state index in [1.807, 2.05) is 31.2 Å². The van der Waals surface area contributed by atoms with Gasteiger partial charge in [-0.15, -0.1) is 0 Å². The van der Waals surface area contributed by atoms with Crippen molar-refractivity contribution in [2.75, 3.05) is 13.2 Å². The van der Waals surface area contributed by atoms with Gasteiger partial charge in [0.1, 0.15) is 5.60 Å². The van der Waals surface area contributed by atoms with Crippen LogP contribution in [0.4, 0.5) is 9.59 Å². The summed E-state index contributed by atoms with van der Waals surface area (Å²) in [6.45, 7) is 14.7. The lowest BCUT2D eigenvalue weighted by atomic mass is 10.1. The lowest BCUT2D eigenvalue weighted by Crippen LogP contribution is -2.44. The summed E-state index contributed by atoms with van der Waals surface area (Å²) in [6.07, 6.45) is -0.920. The fourth-order valence-electron chi connectivity index (χ4n) is 2.97. The molecule has 4 N–H and O–H groups in total. The molecule has 0 radical (unpaired) electrons. The van der Waals surface area contributed by atoms with Crippen LogP contribution in [0.2, 0.25) is 25.7 Å². The highest BCUT2D eigenvalue weighted by Gasteiger charge is 2.22. The van der Waals surface area contributed by atoms with Gasteiger partial charge in [0.05, 0.1) is 31.9 Å². The van der Waals surface area contributed by atoms with Gasteiger partial charge in [0.15, 0.2) is 0 Å². The molecule has 0 saturated heterocycles. The second-order valence-electron chi connectivity index (χ2n) is 11.1. The zero-order valence-electron chi connectivity index (χ0n) is 23.2. The number of nitrogens with one attached hydrogen (secondary N) is 2. The second kappa shape index (κ2) is 15.3. The molecule has 0 aliphatic carbocycles. The number of ether oxygens (including phenoxy) is 3. The van der Waals surface area contributed by atoms with Gasteiger partial charge in [-0.2, -0.15) is 0 Å². The van der Waals surface area contributed by atoms with Crippen molar-refractivity contribution in [3.63, 3.8) is 0 Å². The first kappa shape index (κ1) is 32.0. The summed E-state index contributed by atoms with van der Waals surface area (Å²) in [5.41, 5.74) is 6.47. The van der Waals surface area contributed by atoms with E-state index in [2.05, 4.69) is 42.1 Å². The number of hydrogen-bond acceptors (Lipinski definition) is 6. The molecule has 2 unspecified atom stereocenters. The van der Waals surface area contributed by atoms with Crippen LogP contribution in [-0.2, 0) is 25.6 Å². The van der Waals surface area contributed by atoms with Crippen LogP contribution < -0.4 is 16.4 Å². The van der Waals surface area contributed by atoms with Crippen LogP contribution in [0.1, 0.15) is 51.7 Å². The molecule has 37 heavy (non-hydrogen) atoms. The molecule has 0 spiro atoms. The second-order valence-corrected chi connectivity index (χ2v) is 16.7. The highest BCUT2D eigenvalue weighted by atomic mass is 28.3. The van der Waals surface area contributed by atoms with Crippen LogP contribution in [0.5, 0.6) is 0 Å². The Hall–Kier alpha value is -3.03. The highest BCUT2D eigenvalue weighted by Crippen LogP contribution is 2.12. The molecular weight excluding hydrogens is 490 g/mol. The van der Waals surface area contributed by atoms with Crippen LogP contribution in [0.25, 0.3) is 0 Å². The SMILES string of the molecule is CC(OCc1ccc(C#CCNC(=O)OC(C)(C)C)cc1)C(CCC(N)=O)NC(=O)OCC[Si](C)(C)C. The minimum atomic E-state index is -1.31. The monoisotopic (exact) mass is 533 g/mol. The van der Waals surface area contributed by atoms with Gasteiger partial charge in [-0.3, -0.25) is 4.79 Å². The number of alkyl carbamates (subject to hydrolysis) is 2. The number of hydrogen-bond donors (Lipinski definition) is 3. The molecule has 0 fully saturated rings. The van der Waals surface area contributed by atoms with Crippen molar-refractivity contribution in [1.29, 1.82) is 0 Å². The number of benzene rings is 1. The molecule has 9 nitrogen and oxygen atoms in total. The molecule has 3 amide bonds.